The standard InChI is InChI=1S/C21H30N4O4S/c1-5-29-19-10-8-17(14-20(19)30(27,28)25-12-6-7-13-25)22-21(26)11-9-18-15(2)23-24(4)16(18)3/h8,10,14H,5-7,9,11-13H2,1-4H3,(H,22,26). The van der Waals surface area contributed by atoms with Gasteiger partial charge in [0.1, 0.15) is 10.6 Å². The van der Waals surface area contributed by atoms with E-state index in [1.54, 1.807) is 12.1 Å². The average Bonchev–Trinajstić information content (AvgIpc) is 3.32. The van der Waals surface area contributed by atoms with E-state index >= 15 is 0 Å². The summed E-state index contributed by atoms with van der Waals surface area (Å²) in [6.45, 7) is 7.10. The molecule has 30 heavy (non-hydrogen) atoms. The number of aryl methyl sites for hydroxylation is 2. The lowest BCUT2D eigenvalue weighted by Crippen LogP contribution is -2.28. The normalized spacial score (nSPS) is 14.8. The van der Waals surface area contributed by atoms with Crippen LogP contribution in [0.2, 0.25) is 0 Å². The number of carbonyl (C=O) groups excluding carboxylic acids is 1. The van der Waals surface area contributed by atoms with Gasteiger partial charge in [-0.1, -0.05) is 0 Å². The molecule has 0 unspecified atom stereocenters. The van der Waals surface area contributed by atoms with Crippen molar-refractivity contribution >= 4 is 21.6 Å². The number of ether oxygens (including phenoxy) is 1. The fourth-order valence-electron chi connectivity index (χ4n) is 3.77. The minimum atomic E-state index is -3.67. The molecule has 0 spiro atoms. The van der Waals surface area contributed by atoms with Gasteiger partial charge in [-0.3, -0.25) is 9.48 Å². The lowest BCUT2D eigenvalue weighted by atomic mass is 10.1. The summed E-state index contributed by atoms with van der Waals surface area (Å²) in [4.78, 5) is 12.6. The number of benzene rings is 1. The Labute approximate surface area is 178 Å². The Kier molecular flexibility index (Phi) is 6.82. The molecule has 1 aliphatic heterocycles. The lowest BCUT2D eigenvalue weighted by Gasteiger charge is -2.19. The van der Waals surface area contributed by atoms with Gasteiger partial charge >= 0.3 is 0 Å². The number of nitrogens with zero attached hydrogens (tertiary/aromatic N) is 3. The summed E-state index contributed by atoms with van der Waals surface area (Å²) in [6, 6.07) is 4.78. The van der Waals surface area contributed by atoms with Crippen molar-refractivity contribution in [3.05, 3.63) is 35.2 Å². The number of amides is 1. The molecule has 1 aliphatic rings. The van der Waals surface area contributed by atoms with Gasteiger partial charge in [0.05, 0.1) is 12.3 Å². The van der Waals surface area contributed by atoms with E-state index in [2.05, 4.69) is 10.4 Å². The molecule has 3 rings (SSSR count). The number of aromatic nitrogens is 2. The third-order valence-electron chi connectivity index (χ3n) is 5.47. The molecular formula is C21H30N4O4S. The molecule has 0 saturated carbocycles. The SMILES string of the molecule is CCOc1ccc(NC(=O)CCc2c(C)nn(C)c2C)cc1S(=O)(=O)N1CCCC1. The van der Waals surface area contributed by atoms with Crippen LogP contribution in [0.5, 0.6) is 5.75 Å². The molecule has 1 amide bonds. The topological polar surface area (TPSA) is 93.5 Å². The number of sulfonamides is 1. The van der Waals surface area contributed by atoms with Gasteiger partial charge in [0.25, 0.3) is 0 Å². The van der Waals surface area contributed by atoms with Gasteiger partial charge in [0.15, 0.2) is 0 Å². The van der Waals surface area contributed by atoms with Crippen LogP contribution in [0.1, 0.15) is 43.1 Å². The largest absolute Gasteiger partial charge is 0.492 e. The molecule has 164 valence electrons. The number of hydrogen-bond acceptors (Lipinski definition) is 5. The van der Waals surface area contributed by atoms with E-state index in [0.717, 1.165) is 29.8 Å². The monoisotopic (exact) mass is 434 g/mol. The zero-order valence-corrected chi connectivity index (χ0v) is 18.9. The maximum absolute atomic E-state index is 13.1. The number of rotatable bonds is 8. The van der Waals surface area contributed by atoms with Crippen LogP contribution in [-0.2, 0) is 28.3 Å². The summed E-state index contributed by atoms with van der Waals surface area (Å²) < 4.78 is 35.0. The van der Waals surface area contributed by atoms with Gasteiger partial charge in [-0.15, -0.1) is 0 Å². The Morgan fingerprint density at radius 1 is 1.23 bits per heavy atom. The van der Waals surface area contributed by atoms with Gasteiger partial charge in [-0.2, -0.15) is 9.40 Å². The zero-order chi connectivity index (χ0) is 21.9. The van der Waals surface area contributed by atoms with Crippen LogP contribution < -0.4 is 10.1 Å². The maximum atomic E-state index is 13.1. The molecule has 2 aromatic rings. The number of carbonyl (C=O) groups is 1. The van der Waals surface area contributed by atoms with Crippen LogP contribution in [0.3, 0.4) is 0 Å². The third-order valence-corrected chi connectivity index (χ3v) is 7.39. The zero-order valence-electron chi connectivity index (χ0n) is 18.1. The van der Waals surface area contributed by atoms with E-state index in [1.165, 1.54) is 10.4 Å². The fourth-order valence-corrected chi connectivity index (χ4v) is 5.45. The molecule has 9 heteroatoms. The quantitative estimate of drug-likeness (QED) is 0.690. The predicted molar refractivity (Wildman–Crippen MR) is 115 cm³/mol. The molecule has 1 aromatic heterocycles. The Bertz CT molecular complexity index is 1020. The first-order chi connectivity index (χ1) is 14.2. The van der Waals surface area contributed by atoms with E-state index in [-0.39, 0.29) is 17.2 Å². The van der Waals surface area contributed by atoms with Crippen molar-refractivity contribution in [3.8, 4) is 5.75 Å². The number of nitrogens with one attached hydrogen (secondary N) is 1. The first-order valence-electron chi connectivity index (χ1n) is 10.3. The van der Waals surface area contributed by atoms with Gasteiger partial charge < -0.3 is 10.1 Å². The van der Waals surface area contributed by atoms with Crippen molar-refractivity contribution in [2.45, 2.75) is 51.3 Å². The summed E-state index contributed by atoms with van der Waals surface area (Å²) in [5.41, 5.74) is 3.47. The molecule has 1 aromatic carbocycles. The third kappa shape index (κ3) is 4.67. The molecule has 0 aliphatic carbocycles. The minimum Gasteiger partial charge on any atom is -0.492 e. The molecule has 1 saturated heterocycles. The molecule has 0 radical (unpaired) electrons. The Balaban J connectivity index is 1.76. The van der Waals surface area contributed by atoms with E-state index in [9.17, 15) is 13.2 Å². The Morgan fingerprint density at radius 3 is 2.53 bits per heavy atom. The highest BCUT2D eigenvalue weighted by molar-refractivity contribution is 7.89. The first kappa shape index (κ1) is 22.3. The second-order valence-electron chi connectivity index (χ2n) is 7.53. The van der Waals surface area contributed by atoms with E-state index < -0.39 is 10.0 Å². The van der Waals surface area contributed by atoms with E-state index in [1.807, 2.05) is 32.5 Å². The summed E-state index contributed by atoms with van der Waals surface area (Å²) in [7, 11) is -1.78. The summed E-state index contributed by atoms with van der Waals surface area (Å²) in [5.74, 6) is 0.135. The van der Waals surface area contributed by atoms with E-state index in [4.69, 9.17) is 4.74 Å². The highest BCUT2D eigenvalue weighted by atomic mass is 32.2. The van der Waals surface area contributed by atoms with Crippen molar-refractivity contribution < 1.29 is 17.9 Å². The average molecular weight is 435 g/mol. The summed E-state index contributed by atoms with van der Waals surface area (Å²) in [5, 5.41) is 7.20. The van der Waals surface area contributed by atoms with Crippen molar-refractivity contribution in [2.24, 2.45) is 7.05 Å². The van der Waals surface area contributed by atoms with Gasteiger partial charge in [-0.05, 0) is 63.8 Å². The highest BCUT2D eigenvalue weighted by Gasteiger charge is 2.30. The molecular weight excluding hydrogens is 404 g/mol. The number of hydrogen-bond donors (Lipinski definition) is 1. The van der Waals surface area contributed by atoms with E-state index in [0.29, 0.717) is 37.6 Å². The van der Waals surface area contributed by atoms with Crippen LogP contribution >= 0.6 is 0 Å². The van der Waals surface area contributed by atoms with Gasteiger partial charge in [0.2, 0.25) is 15.9 Å². The second-order valence-corrected chi connectivity index (χ2v) is 9.43. The Morgan fingerprint density at radius 2 is 1.93 bits per heavy atom. The molecule has 0 bridgehead atoms. The van der Waals surface area contributed by atoms with Crippen LogP contribution in [-0.4, -0.2) is 48.1 Å². The van der Waals surface area contributed by atoms with Crippen LogP contribution in [0.4, 0.5) is 5.69 Å². The Hall–Kier alpha value is -2.39. The smallest absolute Gasteiger partial charge is 0.246 e. The fraction of sp³-hybridized carbons (Fsp3) is 0.524. The van der Waals surface area contributed by atoms with Gasteiger partial charge in [0, 0.05) is 37.9 Å². The van der Waals surface area contributed by atoms with Crippen molar-refractivity contribution in [3.63, 3.8) is 0 Å². The lowest BCUT2D eigenvalue weighted by molar-refractivity contribution is -0.116. The minimum absolute atomic E-state index is 0.1000. The maximum Gasteiger partial charge on any atom is 0.246 e. The molecule has 2 heterocycles. The van der Waals surface area contributed by atoms with Crippen LogP contribution in [0.15, 0.2) is 23.1 Å². The first-order valence-corrected chi connectivity index (χ1v) is 11.7. The van der Waals surface area contributed by atoms with Crippen molar-refractivity contribution in [2.75, 3.05) is 25.0 Å². The predicted octanol–water partition coefficient (Wildman–Crippen LogP) is 2.79. The summed E-state index contributed by atoms with van der Waals surface area (Å²) in [6.07, 6.45) is 2.57. The van der Waals surface area contributed by atoms with Crippen LogP contribution in [0, 0.1) is 13.8 Å². The summed E-state index contributed by atoms with van der Waals surface area (Å²) >= 11 is 0. The second kappa shape index (κ2) is 9.18. The van der Waals surface area contributed by atoms with Crippen molar-refractivity contribution in [1.29, 1.82) is 0 Å². The van der Waals surface area contributed by atoms with Crippen molar-refractivity contribution in [1.82, 2.24) is 14.1 Å². The van der Waals surface area contributed by atoms with Gasteiger partial charge in [-0.25, -0.2) is 8.42 Å². The number of anilines is 1. The highest BCUT2D eigenvalue weighted by Crippen LogP contribution is 2.31. The van der Waals surface area contributed by atoms with Crippen LogP contribution in [0.25, 0.3) is 0 Å². The molecule has 0 atom stereocenters. The molecule has 1 N–H and O–H groups in total. The molecule has 8 nitrogen and oxygen atoms in total. The molecule has 1 fully saturated rings.